The first-order valence-electron chi connectivity index (χ1n) is 6.44. The zero-order valence-corrected chi connectivity index (χ0v) is 15.6. The average molecular weight is 410 g/mol. The van der Waals surface area contributed by atoms with Crippen LogP contribution in [0.3, 0.4) is 0 Å². The zero-order valence-electron chi connectivity index (χ0n) is 12.5. The second-order valence-corrected chi connectivity index (χ2v) is 7.09. The quantitative estimate of drug-likeness (QED) is 0.453. The molecular formula is C12H23IN6S. The highest BCUT2D eigenvalue weighted by atomic mass is 127. The maximum Gasteiger partial charge on any atom is 0.194 e. The second-order valence-electron chi connectivity index (χ2n) is 5.29. The number of halogens is 1. The minimum Gasteiger partial charge on any atom is -0.349 e. The van der Waals surface area contributed by atoms with Crippen LogP contribution in [-0.4, -0.2) is 56.3 Å². The summed E-state index contributed by atoms with van der Waals surface area (Å²) in [5.41, 5.74) is 0. The molecule has 1 saturated heterocycles. The van der Waals surface area contributed by atoms with Crippen LogP contribution in [0.2, 0.25) is 0 Å². The Hall–Kier alpha value is -0.510. The van der Waals surface area contributed by atoms with Crippen molar-refractivity contribution < 1.29 is 0 Å². The fraction of sp³-hybridized carbons (Fsp3) is 0.750. The van der Waals surface area contributed by atoms with Crippen LogP contribution in [0.5, 0.6) is 0 Å². The number of aliphatic imine (C=N–C) groups is 1. The van der Waals surface area contributed by atoms with E-state index in [1.807, 2.05) is 30.4 Å². The molecule has 0 aromatic carbocycles. The minimum atomic E-state index is 0. The van der Waals surface area contributed by atoms with Gasteiger partial charge in [0, 0.05) is 37.7 Å². The van der Waals surface area contributed by atoms with E-state index in [0.29, 0.717) is 6.54 Å². The van der Waals surface area contributed by atoms with Gasteiger partial charge in [0.2, 0.25) is 0 Å². The van der Waals surface area contributed by atoms with Crippen molar-refractivity contribution in [3.8, 4) is 0 Å². The van der Waals surface area contributed by atoms with Crippen molar-refractivity contribution in [3.05, 3.63) is 12.2 Å². The van der Waals surface area contributed by atoms with E-state index in [4.69, 9.17) is 0 Å². The molecule has 114 valence electrons. The largest absolute Gasteiger partial charge is 0.349 e. The van der Waals surface area contributed by atoms with Gasteiger partial charge in [-0.3, -0.25) is 4.99 Å². The van der Waals surface area contributed by atoms with Gasteiger partial charge in [0.1, 0.15) is 6.33 Å². The molecule has 0 bridgehead atoms. The van der Waals surface area contributed by atoms with E-state index >= 15 is 0 Å². The number of hydrogen-bond acceptors (Lipinski definition) is 4. The molecule has 2 rings (SSSR count). The van der Waals surface area contributed by atoms with Crippen molar-refractivity contribution in [3.63, 3.8) is 0 Å². The van der Waals surface area contributed by atoms with Gasteiger partial charge in [-0.25, -0.2) is 0 Å². The molecular weight excluding hydrogens is 387 g/mol. The van der Waals surface area contributed by atoms with Gasteiger partial charge in [-0.2, -0.15) is 11.8 Å². The average Bonchev–Trinajstić information content (AvgIpc) is 2.75. The van der Waals surface area contributed by atoms with Crippen molar-refractivity contribution in [2.24, 2.45) is 12.0 Å². The molecule has 1 N–H and O–H groups in total. The summed E-state index contributed by atoms with van der Waals surface area (Å²) in [6.07, 6.45) is 1.71. The zero-order chi connectivity index (χ0) is 13.9. The predicted molar refractivity (Wildman–Crippen MR) is 94.7 cm³/mol. The Kier molecular flexibility index (Phi) is 6.56. The summed E-state index contributed by atoms with van der Waals surface area (Å²) < 4.78 is 2.19. The van der Waals surface area contributed by atoms with Gasteiger partial charge in [-0.05, 0) is 13.8 Å². The Labute approximate surface area is 141 Å². The number of aryl methyl sites for hydroxylation is 1. The van der Waals surface area contributed by atoms with Gasteiger partial charge >= 0.3 is 0 Å². The van der Waals surface area contributed by atoms with Crippen molar-refractivity contribution in [2.45, 2.75) is 25.1 Å². The molecule has 0 amide bonds. The number of guanidine groups is 1. The van der Waals surface area contributed by atoms with Gasteiger partial charge in [0.25, 0.3) is 0 Å². The fourth-order valence-electron chi connectivity index (χ4n) is 2.15. The van der Waals surface area contributed by atoms with Crippen LogP contribution >= 0.6 is 35.7 Å². The SMILES string of the molecule is CN=C(NCc1nncn1C)N1CCSC(C)(C)C1.I. The summed E-state index contributed by atoms with van der Waals surface area (Å²) >= 11 is 2.02. The lowest BCUT2D eigenvalue weighted by atomic mass is 10.2. The normalized spacial score (nSPS) is 18.6. The van der Waals surface area contributed by atoms with E-state index in [0.717, 1.165) is 30.6 Å². The lowest BCUT2D eigenvalue weighted by Crippen LogP contribution is -2.50. The van der Waals surface area contributed by atoms with E-state index in [1.54, 1.807) is 6.33 Å². The molecule has 1 aliphatic heterocycles. The molecule has 0 radical (unpaired) electrons. The molecule has 0 aliphatic carbocycles. The Bertz CT molecular complexity index is 459. The van der Waals surface area contributed by atoms with Crippen LogP contribution in [0.4, 0.5) is 0 Å². The van der Waals surface area contributed by atoms with Crippen LogP contribution in [0.15, 0.2) is 11.3 Å². The van der Waals surface area contributed by atoms with E-state index in [2.05, 4.69) is 39.3 Å². The molecule has 1 fully saturated rings. The molecule has 1 aliphatic rings. The van der Waals surface area contributed by atoms with Crippen LogP contribution in [0.25, 0.3) is 0 Å². The summed E-state index contributed by atoms with van der Waals surface area (Å²) in [4.78, 5) is 6.68. The monoisotopic (exact) mass is 410 g/mol. The van der Waals surface area contributed by atoms with Crippen molar-refractivity contribution in [1.29, 1.82) is 0 Å². The first-order chi connectivity index (χ1) is 9.02. The molecule has 0 saturated carbocycles. The molecule has 6 nitrogen and oxygen atoms in total. The Morgan fingerprint density at radius 2 is 2.30 bits per heavy atom. The van der Waals surface area contributed by atoms with Crippen LogP contribution in [-0.2, 0) is 13.6 Å². The minimum absolute atomic E-state index is 0. The number of thioether (sulfide) groups is 1. The lowest BCUT2D eigenvalue weighted by molar-refractivity contribution is 0.375. The number of nitrogens with zero attached hydrogens (tertiary/aromatic N) is 5. The standard InChI is InChI=1S/C12H22N6S.HI/c1-12(2)8-18(5-6-19-12)11(13-3)14-7-10-16-15-9-17(10)4;/h9H,5-8H2,1-4H3,(H,13,14);1H. The summed E-state index contributed by atoms with van der Waals surface area (Å²) in [5.74, 6) is 2.99. The number of aromatic nitrogens is 3. The summed E-state index contributed by atoms with van der Waals surface area (Å²) in [6, 6.07) is 0. The molecule has 1 aromatic rings. The summed E-state index contributed by atoms with van der Waals surface area (Å²) in [5, 5.41) is 11.3. The number of hydrogen-bond donors (Lipinski definition) is 1. The lowest BCUT2D eigenvalue weighted by Gasteiger charge is -2.39. The molecule has 0 spiro atoms. The van der Waals surface area contributed by atoms with Gasteiger partial charge in [-0.15, -0.1) is 34.2 Å². The molecule has 2 heterocycles. The molecule has 0 unspecified atom stereocenters. The van der Waals surface area contributed by atoms with Crippen molar-refractivity contribution in [2.75, 3.05) is 25.9 Å². The molecule has 1 aromatic heterocycles. The van der Waals surface area contributed by atoms with Crippen LogP contribution in [0, 0.1) is 0 Å². The molecule has 0 atom stereocenters. The first-order valence-corrected chi connectivity index (χ1v) is 7.43. The smallest absolute Gasteiger partial charge is 0.194 e. The third-order valence-corrected chi connectivity index (χ3v) is 4.44. The van der Waals surface area contributed by atoms with Gasteiger partial charge in [0.05, 0.1) is 6.54 Å². The topological polar surface area (TPSA) is 58.3 Å². The van der Waals surface area contributed by atoms with Gasteiger partial charge in [-0.1, -0.05) is 0 Å². The van der Waals surface area contributed by atoms with Gasteiger partial charge in [0.15, 0.2) is 11.8 Å². The third kappa shape index (κ3) is 4.51. The summed E-state index contributed by atoms with van der Waals surface area (Å²) in [6.45, 7) is 7.25. The first kappa shape index (κ1) is 17.5. The second kappa shape index (κ2) is 7.48. The Balaban J connectivity index is 0.00000200. The van der Waals surface area contributed by atoms with Crippen molar-refractivity contribution >= 4 is 41.7 Å². The highest BCUT2D eigenvalue weighted by Gasteiger charge is 2.28. The van der Waals surface area contributed by atoms with E-state index < -0.39 is 0 Å². The van der Waals surface area contributed by atoms with E-state index in [9.17, 15) is 0 Å². The van der Waals surface area contributed by atoms with Crippen LogP contribution in [0.1, 0.15) is 19.7 Å². The van der Waals surface area contributed by atoms with E-state index in [1.165, 1.54) is 0 Å². The number of rotatable bonds is 2. The highest BCUT2D eigenvalue weighted by Crippen LogP contribution is 2.29. The third-order valence-electron chi connectivity index (χ3n) is 3.15. The van der Waals surface area contributed by atoms with E-state index in [-0.39, 0.29) is 28.7 Å². The summed E-state index contributed by atoms with van der Waals surface area (Å²) in [7, 11) is 3.77. The highest BCUT2D eigenvalue weighted by molar-refractivity contribution is 14.0. The molecule has 8 heteroatoms. The maximum absolute atomic E-state index is 4.37. The Morgan fingerprint density at radius 1 is 1.55 bits per heavy atom. The number of nitrogens with one attached hydrogen (secondary N) is 1. The Morgan fingerprint density at radius 3 is 2.85 bits per heavy atom. The van der Waals surface area contributed by atoms with Crippen LogP contribution < -0.4 is 5.32 Å². The van der Waals surface area contributed by atoms with Gasteiger partial charge < -0.3 is 14.8 Å². The fourth-order valence-corrected chi connectivity index (χ4v) is 3.27. The maximum atomic E-state index is 4.37. The molecule has 20 heavy (non-hydrogen) atoms. The predicted octanol–water partition coefficient (Wildman–Crippen LogP) is 1.34. The van der Waals surface area contributed by atoms with Crippen molar-refractivity contribution in [1.82, 2.24) is 25.0 Å².